The summed E-state index contributed by atoms with van der Waals surface area (Å²) in [6.07, 6.45) is 16.6. The largest absolute Gasteiger partial charge is 0.372 e. The number of hydrogen-bond acceptors (Lipinski definition) is 4. The van der Waals surface area contributed by atoms with Gasteiger partial charge in [0.1, 0.15) is 6.23 Å². The Balaban J connectivity index is 1.19. The highest BCUT2D eigenvalue weighted by molar-refractivity contribution is 5.75. The van der Waals surface area contributed by atoms with Crippen molar-refractivity contribution in [3.8, 4) is 11.1 Å². The van der Waals surface area contributed by atoms with Crippen LogP contribution in [-0.2, 0) is 9.53 Å². The average Bonchev–Trinajstić information content (AvgIpc) is 3.39. The first-order valence-corrected chi connectivity index (χ1v) is 13.1. The molecule has 1 aromatic heterocycles. The summed E-state index contributed by atoms with van der Waals surface area (Å²) in [6, 6.07) is 8.83. The van der Waals surface area contributed by atoms with E-state index < -0.39 is 0 Å². The third-order valence-corrected chi connectivity index (χ3v) is 7.13. The predicted octanol–water partition coefficient (Wildman–Crippen LogP) is 5.72. The van der Waals surface area contributed by atoms with Gasteiger partial charge >= 0.3 is 0 Å². The minimum atomic E-state index is 0.0789. The summed E-state index contributed by atoms with van der Waals surface area (Å²) in [5, 5.41) is 7.70. The van der Waals surface area contributed by atoms with Crippen LogP contribution in [0.3, 0.4) is 0 Å². The predicted molar refractivity (Wildman–Crippen MR) is 138 cm³/mol. The summed E-state index contributed by atoms with van der Waals surface area (Å²) in [7, 11) is 0. The van der Waals surface area contributed by atoms with Crippen molar-refractivity contribution in [1.82, 2.24) is 15.1 Å². The molecule has 2 saturated heterocycles. The van der Waals surface area contributed by atoms with Crippen molar-refractivity contribution in [1.29, 1.82) is 0 Å². The number of carbonyl (C=O) groups excluding carboxylic acids is 1. The lowest BCUT2D eigenvalue weighted by molar-refractivity contribution is -0.121. The Morgan fingerprint density at radius 3 is 2.65 bits per heavy atom. The van der Waals surface area contributed by atoms with E-state index in [1.54, 1.807) is 0 Å². The molecule has 0 bridgehead atoms. The first-order valence-electron chi connectivity index (χ1n) is 13.1. The number of aromatic nitrogens is 2. The Bertz CT molecular complexity index is 893. The molecular formula is C28H40N4O2. The van der Waals surface area contributed by atoms with E-state index in [-0.39, 0.29) is 12.1 Å². The molecule has 2 aromatic rings. The third kappa shape index (κ3) is 6.95. The molecule has 3 heterocycles. The van der Waals surface area contributed by atoms with E-state index in [2.05, 4.69) is 52.4 Å². The quantitative estimate of drug-likeness (QED) is 0.341. The fourth-order valence-electron chi connectivity index (χ4n) is 4.93. The average molecular weight is 465 g/mol. The van der Waals surface area contributed by atoms with Crippen LogP contribution in [-0.4, -0.2) is 41.9 Å². The van der Waals surface area contributed by atoms with Crippen molar-refractivity contribution in [3.05, 3.63) is 49.3 Å². The molecule has 2 fully saturated rings. The van der Waals surface area contributed by atoms with E-state index in [9.17, 15) is 4.79 Å². The van der Waals surface area contributed by atoms with Gasteiger partial charge < -0.3 is 15.0 Å². The number of ether oxygens (including phenoxy) is 1. The molecule has 0 saturated carbocycles. The number of allylic oxidation sites excluding steroid dienone is 1. The van der Waals surface area contributed by atoms with Gasteiger partial charge in [-0.3, -0.25) is 4.79 Å². The zero-order valence-corrected chi connectivity index (χ0v) is 20.5. The second-order valence-corrected chi connectivity index (χ2v) is 9.70. The molecule has 6 nitrogen and oxygen atoms in total. The van der Waals surface area contributed by atoms with Gasteiger partial charge in [0.05, 0.1) is 6.20 Å². The van der Waals surface area contributed by atoms with E-state index >= 15 is 0 Å². The van der Waals surface area contributed by atoms with Gasteiger partial charge in [0.15, 0.2) is 0 Å². The first-order chi connectivity index (χ1) is 16.7. The van der Waals surface area contributed by atoms with Crippen molar-refractivity contribution in [2.75, 3.05) is 31.1 Å². The van der Waals surface area contributed by atoms with Gasteiger partial charge in [-0.15, -0.1) is 6.58 Å². The van der Waals surface area contributed by atoms with Crippen LogP contribution in [0.15, 0.2) is 49.3 Å². The van der Waals surface area contributed by atoms with E-state index in [1.807, 2.05) is 17.0 Å². The number of nitrogens with zero attached hydrogens (tertiary/aromatic N) is 3. The molecule has 0 spiro atoms. The monoisotopic (exact) mass is 464 g/mol. The first kappa shape index (κ1) is 24.5. The lowest BCUT2D eigenvalue weighted by atomic mass is 9.96. The normalized spacial score (nSPS) is 19.2. The molecule has 1 amide bonds. The maximum Gasteiger partial charge on any atom is 0.220 e. The molecule has 1 N–H and O–H groups in total. The molecule has 4 rings (SSSR count). The van der Waals surface area contributed by atoms with Crippen molar-refractivity contribution in [3.63, 3.8) is 0 Å². The summed E-state index contributed by atoms with van der Waals surface area (Å²) in [4.78, 5) is 14.5. The molecule has 2 aliphatic rings. The Morgan fingerprint density at radius 1 is 1.09 bits per heavy atom. The molecule has 34 heavy (non-hydrogen) atoms. The van der Waals surface area contributed by atoms with Crippen LogP contribution >= 0.6 is 0 Å². The smallest absolute Gasteiger partial charge is 0.220 e. The summed E-state index contributed by atoms with van der Waals surface area (Å²) in [5.74, 6) is 0.781. The maximum absolute atomic E-state index is 12.1. The highest BCUT2D eigenvalue weighted by Gasteiger charge is 2.20. The summed E-state index contributed by atoms with van der Waals surface area (Å²) in [6.45, 7) is 7.46. The topological polar surface area (TPSA) is 59.4 Å². The number of unbranched alkanes of at least 4 members (excludes halogenated alkanes) is 3. The van der Waals surface area contributed by atoms with Gasteiger partial charge in [0.2, 0.25) is 5.91 Å². The second-order valence-electron chi connectivity index (χ2n) is 9.70. The van der Waals surface area contributed by atoms with Gasteiger partial charge in [0, 0.05) is 50.1 Å². The molecule has 0 radical (unpaired) electrons. The number of carbonyl (C=O) groups is 1. The van der Waals surface area contributed by atoms with Crippen molar-refractivity contribution in [2.24, 2.45) is 5.92 Å². The van der Waals surface area contributed by atoms with Gasteiger partial charge in [-0.25, -0.2) is 4.68 Å². The molecule has 2 aliphatic heterocycles. The Hall–Kier alpha value is -2.60. The van der Waals surface area contributed by atoms with Crippen LogP contribution in [0.2, 0.25) is 0 Å². The van der Waals surface area contributed by atoms with Crippen LogP contribution in [0.25, 0.3) is 11.1 Å². The Morgan fingerprint density at radius 2 is 1.91 bits per heavy atom. The van der Waals surface area contributed by atoms with Crippen molar-refractivity contribution in [2.45, 2.75) is 70.4 Å². The van der Waals surface area contributed by atoms with Gasteiger partial charge in [-0.2, -0.15) is 5.10 Å². The maximum atomic E-state index is 12.1. The van der Waals surface area contributed by atoms with Crippen LogP contribution in [0, 0.1) is 5.92 Å². The highest BCUT2D eigenvalue weighted by atomic mass is 16.5. The van der Waals surface area contributed by atoms with Gasteiger partial charge in [0.25, 0.3) is 0 Å². The summed E-state index contributed by atoms with van der Waals surface area (Å²) < 4.78 is 7.82. The fourth-order valence-corrected chi connectivity index (χ4v) is 4.93. The Kier molecular flexibility index (Phi) is 9.19. The number of piperidine rings is 1. The van der Waals surface area contributed by atoms with E-state index in [4.69, 9.17) is 4.74 Å². The minimum Gasteiger partial charge on any atom is -0.372 e. The standard InChI is InChI=1S/C28H40N4O2/c1-2-3-4-5-6-9-27(33)29-20-23-15-17-31(18-16-23)26-13-11-24(12-14-26)25-21-30-32(22-25)28-10-7-8-19-34-28/h2,11-14,21-23,28H,1,3-10,15-20H2,(H,29,33). The Labute approximate surface area is 204 Å². The van der Waals surface area contributed by atoms with E-state index in [1.165, 1.54) is 17.7 Å². The van der Waals surface area contributed by atoms with Crippen LogP contribution < -0.4 is 10.2 Å². The van der Waals surface area contributed by atoms with Gasteiger partial charge in [-0.05, 0) is 75.0 Å². The molecule has 1 atom stereocenters. The third-order valence-electron chi connectivity index (χ3n) is 7.13. The second kappa shape index (κ2) is 12.7. The molecule has 184 valence electrons. The number of anilines is 1. The van der Waals surface area contributed by atoms with Gasteiger partial charge in [-0.1, -0.05) is 24.6 Å². The highest BCUT2D eigenvalue weighted by Crippen LogP contribution is 2.28. The van der Waals surface area contributed by atoms with Crippen LogP contribution in [0.4, 0.5) is 5.69 Å². The van der Waals surface area contributed by atoms with Crippen LogP contribution in [0.1, 0.15) is 70.4 Å². The zero-order chi connectivity index (χ0) is 23.6. The SMILES string of the molecule is C=CCCCCCC(=O)NCC1CCN(c2ccc(-c3cnn(C4CCCCO4)c3)cc2)CC1. The summed E-state index contributed by atoms with van der Waals surface area (Å²) >= 11 is 0. The molecule has 1 aromatic carbocycles. The van der Waals surface area contributed by atoms with E-state index in [0.717, 1.165) is 83.2 Å². The number of benzene rings is 1. The zero-order valence-electron chi connectivity index (χ0n) is 20.5. The fraction of sp³-hybridized carbons (Fsp3) is 0.571. The number of amides is 1. The number of hydrogen-bond donors (Lipinski definition) is 1. The number of nitrogens with one attached hydrogen (secondary N) is 1. The molecule has 0 aliphatic carbocycles. The molecule has 1 unspecified atom stereocenters. The summed E-state index contributed by atoms with van der Waals surface area (Å²) in [5.41, 5.74) is 3.59. The molecular weight excluding hydrogens is 424 g/mol. The van der Waals surface area contributed by atoms with E-state index in [0.29, 0.717) is 12.3 Å². The molecule has 6 heteroatoms. The minimum absolute atomic E-state index is 0.0789. The number of rotatable bonds is 11. The van der Waals surface area contributed by atoms with Crippen molar-refractivity contribution < 1.29 is 9.53 Å². The lowest BCUT2D eigenvalue weighted by Crippen LogP contribution is -2.38. The van der Waals surface area contributed by atoms with Crippen molar-refractivity contribution >= 4 is 11.6 Å². The lowest BCUT2D eigenvalue weighted by Gasteiger charge is -2.33. The van der Waals surface area contributed by atoms with Crippen LogP contribution in [0.5, 0.6) is 0 Å².